The molecule has 0 saturated carbocycles. The van der Waals surface area contributed by atoms with E-state index < -0.39 is 6.09 Å². The Morgan fingerprint density at radius 2 is 1.96 bits per heavy atom. The van der Waals surface area contributed by atoms with Gasteiger partial charge in [0.05, 0.1) is 5.92 Å². The molecule has 2 aliphatic heterocycles. The van der Waals surface area contributed by atoms with Crippen molar-refractivity contribution in [3.05, 3.63) is 71.3 Å². The van der Waals surface area contributed by atoms with Crippen molar-refractivity contribution in [3.63, 3.8) is 0 Å². The van der Waals surface area contributed by atoms with Gasteiger partial charge in [0.25, 0.3) is 0 Å². The van der Waals surface area contributed by atoms with Gasteiger partial charge < -0.3 is 15.0 Å². The van der Waals surface area contributed by atoms with Crippen LogP contribution in [0.25, 0.3) is 0 Å². The predicted molar refractivity (Wildman–Crippen MR) is 110 cm³/mol. The molecule has 2 atom stereocenters. The molecule has 0 spiro atoms. The minimum absolute atomic E-state index is 0.108. The average Bonchev–Trinajstić information content (AvgIpc) is 2.73. The summed E-state index contributed by atoms with van der Waals surface area (Å²) in [5.74, 6) is 0.841. The molecule has 4 rings (SSSR count). The van der Waals surface area contributed by atoms with Gasteiger partial charge in [0.15, 0.2) is 0 Å². The molecule has 2 aliphatic rings. The first-order valence-electron chi connectivity index (χ1n) is 9.58. The Kier molecular flexibility index (Phi) is 5.31. The number of rotatable bonds is 5. The highest BCUT2D eigenvalue weighted by atomic mass is 32.2. The quantitative estimate of drug-likeness (QED) is 0.784. The highest BCUT2D eigenvalue weighted by Crippen LogP contribution is 2.56. The van der Waals surface area contributed by atoms with Gasteiger partial charge in [-0.3, -0.25) is 4.79 Å². The van der Waals surface area contributed by atoms with Crippen molar-refractivity contribution >= 4 is 23.8 Å². The fraction of sp³-hybridized carbons (Fsp3) is 0.364. The fourth-order valence-electron chi connectivity index (χ4n) is 3.96. The monoisotopic (exact) mass is 396 g/mol. The highest BCUT2D eigenvalue weighted by molar-refractivity contribution is 8.00. The molecule has 28 heavy (non-hydrogen) atoms. The van der Waals surface area contributed by atoms with Crippen LogP contribution in [0.4, 0.5) is 4.79 Å². The van der Waals surface area contributed by atoms with E-state index in [1.165, 1.54) is 5.56 Å². The molecule has 2 saturated heterocycles. The zero-order valence-corrected chi connectivity index (χ0v) is 16.7. The number of nitrogens with one attached hydrogen (secondary N) is 1. The molecule has 2 fully saturated rings. The van der Waals surface area contributed by atoms with Gasteiger partial charge in [-0.2, -0.15) is 0 Å². The number of carbonyl (C=O) groups is 2. The van der Waals surface area contributed by atoms with E-state index in [1.54, 1.807) is 11.8 Å². The first kappa shape index (κ1) is 18.9. The number of hydrogen-bond acceptors (Lipinski definition) is 4. The molecule has 2 amide bonds. The van der Waals surface area contributed by atoms with Crippen molar-refractivity contribution in [2.45, 2.75) is 24.8 Å². The van der Waals surface area contributed by atoms with Crippen LogP contribution in [-0.2, 0) is 21.0 Å². The maximum atomic E-state index is 12.8. The summed E-state index contributed by atoms with van der Waals surface area (Å²) in [5, 5.41) is 2.80. The van der Waals surface area contributed by atoms with Crippen molar-refractivity contribution in [2.24, 2.45) is 5.92 Å². The van der Waals surface area contributed by atoms with Gasteiger partial charge in [-0.25, -0.2) is 4.79 Å². The lowest BCUT2D eigenvalue weighted by atomic mass is 9.80. The number of aryl methyl sites for hydroxylation is 1. The number of carbonyl (C=O) groups excluding carboxylic acids is 2. The van der Waals surface area contributed by atoms with Crippen LogP contribution in [0.2, 0.25) is 0 Å². The highest BCUT2D eigenvalue weighted by Gasteiger charge is 2.62. The summed E-state index contributed by atoms with van der Waals surface area (Å²) in [5.41, 5.74) is 3.26. The minimum Gasteiger partial charge on any atom is -0.445 e. The van der Waals surface area contributed by atoms with Crippen molar-refractivity contribution in [1.29, 1.82) is 0 Å². The summed E-state index contributed by atoms with van der Waals surface area (Å²) < 4.78 is 5.29. The second-order valence-electron chi connectivity index (χ2n) is 7.25. The molecular weight excluding hydrogens is 372 g/mol. The molecule has 1 N–H and O–H groups in total. The van der Waals surface area contributed by atoms with Crippen LogP contribution in [0.5, 0.6) is 0 Å². The predicted octanol–water partition coefficient (Wildman–Crippen LogP) is 3.67. The molecule has 146 valence electrons. The molecule has 0 unspecified atom stereocenters. The SMILES string of the molecule is Cc1ccc([C@@]23SCCCN2C(=O)[C@H]3CNC(=O)OCc2ccccc2)cc1. The smallest absolute Gasteiger partial charge is 0.407 e. The topological polar surface area (TPSA) is 58.6 Å². The second kappa shape index (κ2) is 7.87. The Bertz CT molecular complexity index is 856. The lowest BCUT2D eigenvalue weighted by Crippen LogP contribution is -2.70. The third-order valence-corrected chi connectivity index (χ3v) is 7.09. The van der Waals surface area contributed by atoms with E-state index in [0.717, 1.165) is 29.8 Å². The van der Waals surface area contributed by atoms with E-state index in [4.69, 9.17) is 4.74 Å². The van der Waals surface area contributed by atoms with Gasteiger partial charge in [0, 0.05) is 13.1 Å². The summed E-state index contributed by atoms with van der Waals surface area (Å²) in [6, 6.07) is 17.9. The van der Waals surface area contributed by atoms with Crippen LogP contribution in [0.15, 0.2) is 54.6 Å². The Morgan fingerprint density at radius 1 is 1.21 bits per heavy atom. The Hall–Kier alpha value is -2.47. The molecule has 0 aliphatic carbocycles. The van der Waals surface area contributed by atoms with Crippen molar-refractivity contribution in [1.82, 2.24) is 10.2 Å². The number of benzene rings is 2. The van der Waals surface area contributed by atoms with Gasteiger partial charge in [-0.15, -0.1) is 11.8 Å². The van der Waals surface area contributed by atoms with Crippen LogP contribution >= 0.6 is 11.8 Å². The summed E-state index contributed by atoms with van der Waals surface area (Å²) in [7, 11) is 0. The van der Waals surface area contributed by atoms with E-state index in [0.29, 0.717) is 0 Å². The molecule has 0 aromatic heterocycles. The number of hydrogen-bond donors (Lipinski definition) is 1. The number of fused-ring (bicyclic) bond motifs is 1. The number of β-lactam (4-membered cyclic amide) rings is 1. The number of nitrogens with zero attached hydrogens (tertiary/aromatic N) is 1. The van der Waals surface area contributed by atoms with Gasteiger partial charge in [-0.1, -0.05) is 60.2 Å². The van der Waals surface area contributed by atoms with E-state index in [2.05, 4.69) is 36.5 Å². The molecule has 2 aromatic rings. The zero-order chi connectivity index (χ0) is 19.6. The summed E-state index contributed by atoms with van der Waals surface area (Å²) in [4.78, 5) is 26.5. The Labute approximate surface area is 169 Å². The van der Waals surface area contributed by atoms with Crippen molar-refractivity contribution in [3.8, 4) is 0 Å². The largest absolute Gasteiger partial charge is 0.445 e. The van der Waals surface area contributed by atoms with E-state index in [-0.39, 0.29) is 29.8 Å². The molecule has 2 aromatic carbocycles. The molecular formula is C22H24N2O3S. The van der Waals surface area contributed by atoms with Crippen LogP contribution < -0.4 is 5.32 Å². The van der Waals surface area contributed by atoms with Crippen LogP contribution in [0, 0.1) is 12.8 Å². The van der Waals surface area contributed by atoms with Crippen LogP contribution in [-0.4, -0.2) is 35.7 Å². The minimum atomic E-state index is -0.491. The number of alkyl carbamates (subject to hydrolysis) is 1. The molecule has 0 radical (unpaired) electrons. The van der Waals surface area contributed by atoms with Crippen LogP contribution in [0.3, 0.4) is 0 Å². The van der Waals surface area contributed by atoms with Gasteiger partial charge >= 0.3 is 6.09 Å². The molecule has 2 heterocycles. The van der Waals surface area contributed by atoms with E-state index in [1.807, 2.05) is 35.2 Å². The number of amides is 2. The third-order valence-electron chi connectivity index (χ3n) is 5.41. The van der Waals surface area contributed by atoms with E-state index in [9.17, 15) is 9.59 Å². The van der Waals surface area contributed by atoms with E-state index >= 15 is 0 Å². The maximum absolute atomic E-state index is 12.8. The summed E-state index contributed by atoms with van der Waals surface area (Å²) in [6.07, 6.45) is 0.512. The summed E-state index contributed by atoms with van der Waals surface area (Å²) in [6.45, 7) is 3.33. The third kappa shape index (κ3) is 3.37. The Balaban J connectivity index is 1.43. The van der Waals surface area contributed by atoms with Crippen molar-refractivity contribution < 1.29 is 14.3 Å². The first-order chi connectivity index (χ1) is 13.6. The number of ether oxygens (including phenoxy) is 1. The zero-order valence-electron chi connectivity index (χ0n) is 15.9. The van der Waals surface area contributed by atoms with Gasteiger partial charge in [0.2, 0.25) is 5.91 Å². The van der Waals surface area contributed by atoms with Gasteiger partial charge in [0.1, 0.15) is 11.5 Å². The standard InChI is InChI=1S/C22H24N2O3S/c1-16-8-10-18(11-9-16)22-19(20(25)24(22)12-5-13-28-22)14-23-21(26)27-15-17-6-3-2-4-7-17/h2-4,6-11,19H,5,12-15H2,1H3,(H,23,26)/t19-,22+/m1/s1. The van der Waals surface area contributed by atoms with Crippen LogP contribution in [0.1, 0.15) is 23.1 Å². The molecule has 0 bridgehead atoms. The second-order valence-corrected chi connectivity index (χ2v) is 8.57. The number of thioether (sulfide) groups is 1. The lowest BCUT2D eigenvalue weighted by molar-refractivity contribution is -0.161. The fourth-order valence-corrected chi connectivity index (χ4v) is 5.57. The lowest BCUT2D eigenvalue weighted by Gasteiger charge is -2.59. The van der Waals surface area contributed by atoms with Crippen molar-refractivity contribution in [2.75, 3.05) is 18.8 Å². The Morgan fingerprint density at radius 3 is 2.71 bits per heavy atom. The normalized spacial score (nSPS) is 23.5. The maximum Gasteiger partial charge on any atom is 0.407 e. The molecule has 6 heteroatoms. The molecule has 5 nitrogen and oxygen atoms in total. The first-order valence-corrected chi connectivity index (χ1v) is 10.6. The summed E-state index contributed by atoms with van der Waals surface area (Å²) >= 11 is 1.81. The average molecular weight is 397 g/mol. The van der Waals surface area contributed by atoms with Gasteiger partial charge in [-0.05, 0) is 30.2 Å².